The van der Waals surface area contributed by atoms with Gasteiger partial charge in [-0.1, -0.05) is 18.2 Å². The van der Waals surface area contributed by atoms with E-state index in [1.807, 2.05) is 24.3 Å². The molecule has 4 N–H and O–H groups in total. The van der Waals surface area contributed by atoms with Crippen molar-refractivity contribution in [2.24, 2.45) is 5.73 Å². The lowest BCUT2D eigenvalue weighted by molar-refractivity contribution is -0.122. The molecule has 0 aromatic heterocycles. The Morgan fingerprint density at radius 1 is 1.39 bits per heavy atom. The molecule has 18 heavy (non-hydrogen) atoms. The highest BCUT2D eigenvalue weighted by Crippen LogP contribution is 2.16. The molecule has 6 heteroatoms. The average molecular weight is 251 g/mol. The first-order valence-electron chi connectivity index (χ1n) is 5.50. The number of methoxy groups -OCH3 is 1. The van der Waals surface area contributed by atoms with Crippen molar-refractivity contribution in [3.8, 4) is 5.75 Å². The lowest BCUT2D eigenvalue weighted by Crippen LogP contribution is -2.46. The summed E-state index contributed by atoms with van der Waals surface area (Å²) in [5, 5.41) is 4.99. The van der Waals surface area contributed by atoms with Crippen molar-refractivity contribution in [1.29, 1.82) is 0 Å². The fourth-order valence-corrected chi connectivity index (χ4v) is 1.46. The first kappa shape index (κ1) is 13.8. The van der Waals surface area contributed by atoms with E-state index in [4.69, 9.17) is 10.5 Å². The van der Waals surface area contributed by atoms with Crippen molar-refractivity contribution >= 4 is 11.9 Å². The van der Waals surface area contributed by atoms with Crippen LogP contribution >= 0.6 is 0 Å². The van der Waals surface area contributed by atoms with E-state index in [1.165, 1.54) is 0 Å². The Morgan fingerprint density at radius 3 is 2.67 bits per heavy atom. The number of carbonyl (C=O) groups is 2. The van der Waals surface area contributed by atoms with Gasteiger partial charge in [-0.05, 0) is 13.0 Å². The molecule has 98 valence electrons. The highest BCUT2D eigenvalue weighted by atomic mass is 16.5. The molecule has 0 saturated carbocycles. The van der Waals surface area contributed by atoms with Crippen LogP contribution in [0.5, 0.6) is 5.75 Å². The van der Waals surface area contributed by atoms with E-state index in [0.717, 1.165) is 5.56 Å². The molecule has 0 aliphatic rings. The lowest BCUT2D eigenvalue weighted by atomic mass is 10.2. The summed E-state index contributed by atoms with van der Waals surface area (Å²) in [6, 6.07) is 5.97. The number of ether oxygens (including phenoxy) is 1. The monoisotopic (exact) mass is 251 g/mol. The Hall–Kier alpha value is -2.24. The zero-order chi connectivity index (χ0) is 13.5. The smallest absolute Gasteiger partial charge is 0.312 e. The number of carbonyl (C=O) groups excluding carboxylic acids is 2. The van der Waals surface area contributed by atoms with Crippen molar-refractivity contribution in [3.05, 3.63) is 29.8 Å². The zero-order valence-electron chi connectivity index (χ0n) is 10.4. The number of urea groups is 1. The van der Waals surface area contributed by atoms with Crippen LogP contribution in [-0.2, 0) is 11.3 Å². The summed E-state index contributed by atoms with van der Waals surface area (Å²) >= 11 is 0. The SMILES string of the molecule is COc1ccccc1CNC(=O)C(C)NC(N)=O. The Balaban J connectivity index is 2.54. The highest BCUT2D eigenvalue weighted by molar-refractivity contribution is 5.86. The van der Waals surface area contributed by atoms with E-state index >= 15 is 0 Å². The summed E-state index contributed by atoms with van der Waals surface area (Å²) in [5.74, 6) is 0.396. The summed E-state index contributed by atoms with van der Waals surface area (Å²) in [5.41, 5.74) is 5.79. The second-order valence-corrected chi connectivity index (χ2v) is 3.76. The first-order valence-corrected chi connectivity index (χ1v) is 5.50. The third-order valence-corrected chi connectivity index (χ3v) is 2.40. The number of rotatable bonds is 5. The van der Waals surface area contributed by atoms with Gasteiger partial charge in [-0.25, -0.2) is 4.79 Å². The van der Waals surface area contributed by atoms with Crippen molar-refractivity contribution in [3.63, 3.8) is 0 Å². The highest BCUT2D eigenvalue weighted by Gasteiger charge is 2.13. The molecule has 0 heterocycles. The van der Waals surface area contributed by atoms with Crippen molar-refractivity contribution < 1.29 is 14.3 Å². The first-order chi connectivity index (χ1) is 8.54. The van der Waals surface area contributed by atoms with E-state index in [0.29, 0.717) is 12.3 Å². The molecule has 1 atom stereocenters. The molecule has 0 bridgehead atoms. The summed E-state index contributed by atoms with van der Waals surface area (Å²) in [6.07, 6.45) is 0. The number of benzene rings is 1. The minimum absolute atomic E-state index is 0.306. The van der Waals surface area contributed by atoms with Crippen LogP contribution in [0.1, 0.15) is 12.5 Å². The molecule has 6 nitrogen and oxygen atoms in total. The molecule has 0 saturated heterocycles. The largest absolute Gasteiger partial charge is 0.496 e. The van der Waals surface area contributed by atoms with Gasteiger partial charge < -0.3 is 21.1 Å². The van der Waals surface area contributed by atoms with E-state index in [1.54, 1.807) is 14.0 Å². The Kier molecular flexibility index (Phi) is 4.98. The zero-order valence-corrected chi connectivity index (χ0v) is 10.4. The van der Waals surface area contributed by atoms with Crippen LogP contribution < -0.4 is 21.1 Å². The number of nitrogens with two attached hydrogens (primary N) is 1. The summed E-state index contributed by atoms with van der Waals surface area (Å²) in [6.45, 7) is 1.88. The molecule has 3 amide bonds. The summed E-state index contributed by atoms with van der Waals surface area (Å²) in [7, 11) is 1.57. The van der Waals surface area contributed by atoms with Crippen LogP contribution in [0, 0.1) is 0 Å². The fraction of sp³-hybridized carbons (Fsp3) is 0.333. The minimum atomic E-state index is -0.727. The average Bonchev–Trinajstić information content (AvgIpc) is 2.35. The van der Waals surface area contributed by atoms with Crippen molar-refractivity contribution in [2.45, 2.75) is 19.5 Å². The Labute approximate surface area is 105 Å². The van der Waals surface area contributed by atoms with Gasteiger partial charge in [0.15, 0.2) is 0 Å². The molecular formula is C12H17N3O3. The maximum absolute atomic E-state index is 11.6. The van der Waals surface area contributed by atoms with E-state index in [2.05, 4.69) is 10.6 Å². The van der Waals surface area contributed by atoms with Gasteiger partial charge in [0.1, 0.15) is 11.8 Å². The van der Waals surface area contributed by atoms with E-state index < -0.39 is 12.1 Å². The molecule has 0 spiro atoms. The van der Waals surface area contributed by atoms with E-state index in [9.17, 15) is 9.59 Å². The number of hydrogen-bond donors (Lipinski definition) is 3. The molecule has 1 aromatic rings. The van der Waals surface area contributed by atoms with Crippen LogP contribution in [0.2, 0.25) is 0 Å². The van der Waals surface area contributed by atoms with Gasteiger partial charge in [0.25, 0.3) is 0 Å². The molecule has 1 unspecified atom stereocenters. The summed E-state index contributed by atoms with van der Waals surface area (Å²) in [4.78, 5) is 22.2. The normalized spacial score (nSPS) is 11.4. The predicted octanol–water partition coefficient (Wildman–Crippen LogP) is 0.368. The van der Waals surface area contributed by atoms with Gasteiger partial charge in [-0.3, -0.25) is 4.79 Å². The predicted molar refractivity (Wildman–Crippen MR) is 67.0 cm³/mol. The van der Waals surface area contributed by atoms with Gasteiger partial charge in [-0.15, -0.1) is 0 Å². The third-order valence-electron chi connectivity index (χ3n) is 2.40. The second kappa shape index (κ2) is 6.48. The second-order valence-electron chi connectivity index (χ2n) is 3.76. The van der Waals surface area contributed by atoms with Crippen LogP contribution in [0.3, 0.4) is 0 Å². The summed E-state index contributed by atoms with van der Waals surface area (Å²) < 4.78 is 5.16. The van der Waals surface area contributed by atoms with Crippen LogP contribution in [-0.4, -0.2) is 25.1 Å². The number of amides is 3. The number of primary amides is 1. The number of nitrogens with one attached hydrogen (secondary N) is 2. The molecule has 0 fully saturated rings. The standard InChI is InChI=1S/C12H17N3O3/c1-8(15-12(13)17)11(16)14-7-9-5-3-4-6-10(9)18-2/h3-6,8H,7H2,1-2H3,(H,14,16)(H3,13,15,17). The molecule has 0 aliphatic carbocycles. The van der Waals surface area contributed by atoms with Crippen molar-refractivity contribution in [2.75, 3.05) is 7.11 Å². The number of para-hydroxylation sites is 1. The van der Waals surface area contributed by atoms with Crippen LogP contribution in [0.4, 0.5) is 4.79 Å². The van der Waals surface area contributed by atoms with Gasteiger partial charge >= 0.3 is 6.03 Å². The molecule has 0 aliphatic heterocycles. The maximum Gasteiger partial charge on any atom is 0.312 e. The van der Waals surface area contributed by atoms with Gasteiger partial charge in [0.2, 0.25) is 5.91 Å². The quantitative estimate of drug-likeness (QED) is 0.705. The molecule has 0 radical (unpaired) electrons. The van der Waals surface area contributed by atoms with Gasteiger partial charge in [-0.2, -0.15) is 0 Å². The molecular weight excluding hydrogens is 234 g/mol. The Bertz CT molecular complexity index is 434. The van der Waals surface area contributed by atoms with Crippen LogP contribution in [0.25, 0.3) is 0 Å². The van der Waals surface area contributed by atoms with E-state index in [-0.39, 0.29) is 5.91 Å². The molecule has 1 rings (SSSR count). The van der Waals surface area contributed by atoms with Gasteiger partial charge in [0, 0.05) is 12.1 Å². The van der Waals surface area contributed by atoms with Gasteiger partial charge in [0.05, 0.1) is 7.11 Å². The topological polar surface area (TPSA) is 93.4 Å². The fourth-order valence-electron chi connectivity index (χ4n) is 1.46. The molecule has 1 aromatic carbocycles. The van der Waals surface area contributed by atoms with Crippen LogP contribution in [0.15, 0.2) is 24.3 Å². The lowest BCUT2D eigenvalue weighted by Gasteiger charge is -2.13. The minimum Gasteiger partial charge on any atom is -0.496 e. The third kappa shape index (κ3) is 3.97. The van der Waals surface area contributed by atoms with Crippen molar-refractivity contribution in [1.82, 2.24) is 10.6 Å². The maximum atomic E-state index is 11.6. The Morgan fingerprint density at radius 2 is 2.06 bits per heavy atom. The number of hydrogen-bond acceptors (Lipinski definition) is 3.